The summed E-state index contributed by atoms with van der Waals surface area (Å²) in [7, 11) is 0. The van der Waals surface area contributed by atoms with Crippen LogP contribution in [0.1, 0.15) is 13.8 Å². The van der Waals surface area contributed by atoms with Gasteiger partial charge >= 0.3 is 6.03 Å². The molecule has 0 spiro atoms. The lowest BCUT2D eigenvalue weighted by molar-refractivity contribution is -0.134. The van der Waals surface area contributed by atoms with E-state index in [1.807, 2.05) is 5.32 Å². The second-order valence-electron chi connectivity index (χ2n) is 2.79. The molecule has 7 nitrogen and oxygen atoms in total. The Kier molecular flexibility index (Phi) is 2.50. The number of carbonyl (C=O) groups is 4. The van der Waals surface area contributed by atoms with E-state index in [4.69, 9.17) is 0 Å². The number of hydrogen-bond acceptors (Lipinski definition) is 4. The van der Waals surface area contributed by atoms with E-state index in [0.717, 1.165) is 6.92 Å². The first kappa shape index (κ1) is 10.2. The van der Waals surface area contributed by atoms with Crippen LogP contribution in [0.2, 0.25) is 0 Å². The number of rotatable bonds is 1. The van der Waals surface area contributed by atoms with Gasteiger partial charge in [0, 0.05) is 13.8 Å². The van der Waals surface area contributed by atoms with E-state index in [-0.39, 0.29) is 0 Å². The highest BCUT2D eigenvalue weighted by atomic mass is 16.2. The van der Waals surface area contributed by atoms with Crippen molar-refractivity contribution in [3.63, 3.8) is 0 Å². The van der Waals surface area contributed by atoms with E-state index >= 15 is 0 Å². The SMILES string of the molecule is CC(=O)NC1C(=O)NC(=O)N1C(C)=O. The minimum absolute atomic E-state index is 0.494. The van der Waals surface area contributed by atoms with Crippen molar-refractivity contribution in [1.82, 2.24) is 15.5 Å². The molecule has 76 valence electrons. The Morgan fingerprint density at radius 1 is 1.36 bits per heavy atom. The van der Waals surface area contributed by atoms with Crippen molar-refractivity contribution in [2.75, 3.05) is 0 Å². The van der Waals surface area contributed by atoms with Gasteiger partial charge in [0.1, 0.15) is 0 Å². The van der Waals surface area contributed by atoms with Crippen molar-refractivity contribution in [3.8, 4) is 0 Å². The molecule has 5 amide bonds. The molecule has 1 unspecified atom stereocenters. The van der Waals surface area contributed by atoms with Gasteiger partial charge in [-0.25, -0.2) is 9.69 Å². The molecule has 1 saturated heterocycles. The van der Waals surface area contributed by atoms with Crippen LogP contribution in [-0.2, 0) is 14.4 Å². The number of imide groups is 2. The molecule has 0 aromatic rings. The van der Waals surface area contributed by atoms with Crippen molar-refractivity contribution >= 4 is 23.8 Å². The maximum Gasteiger partial charge on any atom is 0.333 e. The van der Waals surface area contributed by atoms with Crippen molar-refractivity contribution in [2.45, 2.75) is 20.0 Å². The molecular weight excluding hydrogens is 190 g/mol. The molecule has 0 aromatic carbocycles. The first-order valence-electron chi connectivity index (χ1n) is 3.85. The second kappa shape index (κ2) is 3.44. The van der Waals surface area contributed by atoms with Crippen LogP contribution in [0.15, 0.2) is 0 Å². The molecule has 1 rings (SSSR count). The predicted octanol–water partition coefficient (Wildman–Crippen LogP) is -1.45. The van der Waals surface area contributed by atoms with Crippen LogP contribution in [0.3, 0.4) is 0 Å². The van der Waals surface area contributed by atoms with Gasteiger partial charge in [0.05, 0.1) is 0 Å². The van der Waals surface area contributed by atoms with E-state index in [1.165, 1.54) is 6.92 Å². The third-order valence-corrected chi connectivity index (χ3v) is 1.63. The van der Waals surface area contributed by atoms with Crippen LogP contribution in [0.4, 0.5) is 4.79 Å². The largest absolute Gasteiger partial charge is 0.333 e. The van der Waals surface area contributed by atoms with Crippen LogP contribution < -0.4 is 10.6 Å². The average molecular weight is 199 g/mol. The van der Waals surface area contributed by atoms with Gasteiger partial charge in [-0.1, -0.05) is 0 Å². The normalized spacial score (nSPS) is 20.7. The van der Waals surface area contributed by atoms with E-state index < -0.39 is 29.9 Å². The van der Waals surface area contributed by atoms with Gasteiger partial charge in [-0.15, -0.1) is 0 Å². The van der Waals surface area contributed by atoms with Gasteiger partial charge in [0.15, 0.2) is 6.17 Å². The molecule has 0 aliphatic carbocycles. The topological polar surface area (TPSA) is 95.6 Å². The highest BCUT2D eigenvalue weighted by Gasteiger charge is 2.41. The maximum absolute atomic E-state index is 11.1. The number of nitrogens with zero attached hydrogens (tertiary/aromatic N) is 1. The summed E-state index contributed by atoms with van der Waals surface area (Å²) in [5, 5.41) is 4.10. The molecule has 1 fully saturated rings. The van der Waals surface area contributed by atoms with Crippen LogP contribution >= 0.6 is 0 Å². The van der Waals surface area contributed by atoms with Crippen molar-refractivity contribution in [1.29, 1.82) is 0 Å². The lowest BCUT2D eigenvalue weighted by atomic mass is 10.4. The third kappa shape index (κ3) is 1.70. The minimum Gasteiger partial charge on any atom is -0.328 e. The quantitative estimate of drug-likeness (QED) is 0.505. The fourth-order valence-corrected chi connectivity index (χ4v) is 1.12. The molecule has 1 aliphatic heterocycles. The van der Waals surface area contributed by atoms with Gasteiger partial charge in [-0.2, -0.15) is 0 Å². The van der Waals surface area contributed by atoms with Crippen molar-refractivity contribution < 1.29 is 19.2 Å². The van der Waals surface area contributed by atoms with Gasteiger partial charge < -0.3 is 5.32 Å². The standard InChI is InChI=1S/C7H9N3O4/c1-3(11)8-5-6(13)9-7(14)10(5)4(2)12/h5H,1-2H3,(H,8,11)(H,9,13,14). The fraction of sp³-hybridized carbons (Fsp3) is 0.429. The van der Waals surface area contributed by atoms with Crippen molar-refractivity contribution in [3.05, 3.63) is 0 Å². The van der Waals surface area contributed by atoms with Crippen LogP contribution in [0, 0.1) is 0 Å². The molecule has 1 atom stereocenters. The Labute approximate surface area is 79.4 Å². The minimum atomic E-state index is -1.22. The summed E-state index contributed by atoms with van der Waals surface area (Å²) in [6.07, 6.45) is -1.22. The third-order valence-electron chi connectivity index (χ3n) is 1.63. The monoisotopic (exact) mass is 199 g/mol. The summed E-state index contributed by atoms with van der Waals surface area (Å²) in [6.45, 7) is 2.32. The maximum atomic E-state index is 11.1. The Bertz CT molecular complexity index is 325. The lowest BCUT2D eigenvalue weighted by Gasteiger charge is -2.17. The molecule has 2 N–H and O–H groups in total. The summed E-state index contributed by atoms with van der Waals surface area (Å²) in [5.74, 6) is -1.81. The Morgan fingerprint density at radius 2 is 1.93 bits per heavy atom. The van der Waals surface area contributed by atoms with E-state index in [9.17, 15) is 19.2 Å². The zero-order chi connectivity index (χ0) is 10.9. The molecule has 0 saturated carbocycles. The summed E-state index contributed by atoms with van der Waals surface area (Å²) in [4.78, 5) is 44.4. The highest BCUT2D eigenvalue weighted by molar-refractivity contribution is 6.12. The molecule has 0 radical (unpaired) electrons. The van der Waals surface area contributed by atoms with E-state index in [2.05, 4.69) is 5.32 Å². The summed E-state index contributed by atoms with van der Waals surface area (Å²) >= 11 is 0. The summed E-state index contributed by atoms with van der Waals surface area (Å²) in [5.41, 5.74) is 0. The molecule has 7 heteroatoms. The second-order valence-corrected chi connectivity index (χ2v) is 2.79. The molecule has 14 heavy (non-hydrogen) atoms. The smallest absolute Gasteiger partial charge is 0.328 e. The number of nitrogens with one attached hydrogen (secondary N) is 2. The predicted molar refractivity (Wildman–Crippen MR) is 43.7 cm³/mol. The molecular formula is C7H9N3O4. The zero-order valence-electron chi connectivity index (χ0n) is 7.66. The molecule has 1 aliphatic rings. The lowest BCUT2D eigenvalue weighted by Crippen LogP contribution is -2.49. The van der Waals surface area contributed by atoms with Crippen LogP contribution in [-0.4, -0.2) is 34.8 Å². The highest BCUT2D eigenvalue weighted by Crippen LogP contribution is 2.05. The Hall–Kier alpha value is -1.92. The summed E-state index contributed by atoms with van der Waals surface area (Å²) in [6, 6.07) is -0.818. The zero-order valence-corrected chi connectivity index (χ0v) is 7.66. The number of urea groups is 1. The van der Waals surface area contributed by atoms with Gasteiger partial charge in [-0.05, 0) is 0 Å². The van der Waals surface area contributed by atoms with Crippen LogP contribution in [0.25, 0.3) is 0 Å². The van der Waals surface area contributed by atoms with Crippen molar-refractivity contribution in [2.24, 2.45) is 0 Å². The fourth-order valence-electron chi connectivity index (χ4n) is 1.12. The van der Waals surface area contributed by atoms with Crippen LogP contribution in [0.5, 0.6) is 0 Å². The Balaban J connectivity index is 2.89. The average Bonchev–Trinajstić information content (AvgIpc) is 2.25. The molecule has 0 aromatic heterocycles. The van der Waals surface area contributed by atoms with Gasteiger partial charge in [0.2, 0.25) is 11.8 Å². The van der Waals surface area contributed by atoms with Gasteiger partial charge in [-0.3, -0.25) is 19.7 Å². The number of amides is 5. The van der Waals surface area contributed by atoms with E-state index in [1.54, 1.807) is 0 Å². The molecule has 1 heterocycles. The summed E-state index contributed by atoms with van der Waals surface area (Å²) < 4.78 is 0. The first-order chi connectivity index (χ1) is 6.43. The molecule has 0 bridgehead atoms. The number of carbonyl (C=O) groups excluding carboxylic acids is 4. The van der Waals surface area contributed by atoms with Gasteiger partial charge in [0.25, 0.3) is 5.91 Å². The van der Waals surface area contributed by atoms with E-state index in [0.29, 0.717) is 4.90 Å². The number of hydrogen-bond donors (Lipinski definition) is 2. The Morgan fingerprint density at radius 3 is 2.36 bits per heavy atom. The first-order valence-corrected chi connectivity index (χ1v) is 3.85.